The highest BCUT2D eigenvalue weighted by Gasteiger charge is 2.02. The third-order valence-corrected chi connectivity index (χ3v) is 2.24. The molecule has 1 aromatic heterocycles. The van der Waals surface area contributed by atoms with Crippen molar-refractivity contribution >= 4 is 17.4 Å². The molecule has 0 aliphatic carbocycles. The third kappa shape index (κ3) is 3.16. The first-order valence-electron chi connectivity index (χ1n) is 4.81. The van der Waals surface area contributed by atoms with Crippen molar-refractivity contribution in [1.29, 1.82) is 0 Å². The Bertz CT molecular complexity index is 289. The summed E-state index contributed by atoms with van der Waals surface area (Å²) in [5.74, 6) is 0.850. The zero-order valence-corrected chi connectivity index (χ0v) is 9.36. The lowest BCUT2D eigenvalue weighted by Gasteiger charge is -2.07. The Labute approximate surface area is 89.9 Å². The van der Waals surface area contributed by atoms with Crippen molar-refractivity contribution in [2.75, 3.05) is 18.9 Å². The number of nitrogens with one attached hydrogen (secondary N) is 2. The third-order valence-electron chi connectivity index (χ3n) is 1.89. The molecule has 0 amide bonds. The maximum Gasteiger partial charge on any atom is 0.126 e. The van der Waals surface area contributed by atoms with E-state index in [0.29, 0.717) is 5.02 Å². The fourth-order valence-corrected chi connectivity index (χ4v) is 1.30. The Morgan fingerprint density at radius 3 is 2.86 bits per heavy atom. The predicted molar refractivity (Wildman–Crippen MR) is 60.8 cm³/mol. The Morgan fingerprint density at radius 1 is 1.43 bits per heavy atom. The Balaban J connectivity index is 2.64. The summed E-state index contributed by atoms with van der Waals surface area (Å²) in [6.07, 6.45) is 1.11. The molecule has 3 nitrogen and oxygen atoms in total. The molecule has 0 radical (unpaired) electrons. The lowest BCUT2D eigenvalue weighted by molar-refractivity contribution is 0.665. The summed E-state index contributed by atoms with van der Waals surface area (Å²) in [5, 5.41) is 6.97. The van der Waals surface area contributed by atoms with E-state index in [9.17, 15) is 0 Å². The minimum Gasteiger partial charge on any atom is -0.373 e. The molecule has 0 spiro atoms. The first kappa shape index (κ1) is 11.3. The molecule has 2 N–H and O–H groups in total. The minimum absolute atomic E-state index is 0.715. The van der Waals surface area contributed by atoms with Crippen molar-refractivity contribution < 1.29 is 0 Å². The Hall–Kier alpha value is -0.800. The van der Waals surface area contributed by atoms with Gasteiger partial charge in [0.15, 0.2) is 0 Å². The highest BCUT2D eigenvalue weighted by atomic mass is 35.5. The van der Waals surface area contributed by atoms with Crippen LogP contribution in [-0.4, -0.2) is 18.6 Å². The number of hydrogen-bond donors (Lipinski definition) is 2. The second-order valence-electron chi connectivity index (χ2n) is 3.05. The molecule has 0 aromatic carbocycles. The van der Waals surface area contributed by atoms with Gasteiger partial charge in [-0.1, -0.05) is 18.5 Å². The molecule has 0 fully saturated rings. The van der Waals surface area contributed by atoms with Crippen molar-refractivity contribution in [3.8, 4) is 0 Å². The van der Waals surface area contributed by atoms with Crippen molar-refractivity contribution in [1.82, 2.24) is 10.3 Å². The maximum absolute atomic E-state index is 6.00. The van der Waals surface area contributed by atoms with Crippen LogP contribution in [0.2, 0.25) is 5.02 Å². The van der Waals surface area contributed by atoms with Gasteiger partial charge in [0, 0.05) is 13.6 Å². The summed E-state index contributed by atoms with van der Waals surface area (Å²) in [6.45, 7) is 3.84. The Kier molecular flexibility index (Phi) is 4.70. The van der Waals surface area contributed by atoms with Crippen molar-refractivity contribution in [3.63, 3.8) is 0 Å². The molecule has 14 heavy (non-hydrogen) atoms. The van der Waals surface area contributed by atoms with Crippen molar-refractivity contribution in [2.24, 2.45) is 0 Å². The van der Waals surface area contributed by atoms with E-state index in [1.54, 1.807) is 0 Å². The van der Waals surface area contributed by atoms with Crippen LogP contribution in [0.3, 0.4) is 0 Å². The average Bonchev–Trinajstić information content (AvgIpc) is 2.21. The van der Waals surface area contributed by atoms with Crippen LogP contribution in [-0.2, 0) is 6.54 Å². The zero-order chi connectivity index (χ0) is 10.4. The molecule has 1 rings (SSSR count). The highest BCUT2D eigenvalue weighted by molar-refractivity contribution is 6.31. The molecule has 0 saturated carbocycles. The number of hydrogen-bond acceptors (Lipinski definition) is 3. The van der Waals surface area contributed by atoms with Crippen LogP contribution in [0.25, 0.3) is 0 Å². The van der Waals surface area contributed by atoms with Gasteiger partial charge in [-0.3, -0.25) is 0 Å². The van der Waals surface area contributed by atoms with Crippen LogP contribution in [0.15, 0.2) is 12.1 Å². The number of aromatic nitrogens is 1. The van der Waals surface area contributed by atoms with E-state index < -0.39 is 0 Å². The van der Waals surface area contributed by atoms with Crippen LogP contribution >= 0.6 is 11.6 Å². The number of anilines is 1. The molecule has 78 valence electrons. The van der Waals surface area contributed by atoms with E-state index in [4.69, 9.17) is 11.6 Å². The van der Waals surface area contributed by atoms with Gasteiger partial charge in [-0.25, -0.2) is 4.98 Å². The average molecular weight is 214 g/mol. The number of halogens is 1. The van der Waals surface area contributed by atoms with E-state index in [1.165, 1.54) is 0 Å². The molecule has 0 unspecified atom stereocenters. The molecule has 0 aliphatic rings. The molecular formula is C10H16ClN3. The van der Waals surface area contributed by atoms with Crippen LogP contribution in [0.5, 0.6) is 0 Å². The zero-order valence-electron chi connectivity index (χ0n) is 8.60. The van der Waals surface area contributed by atoms with Crippen LogP contribution in [0, 0.1) is 0 Å². The first-order chi connectivity index (χ1) is 6.77. The molecular weight excluding hydrogens is 198 g/mol. The summed E-state index contributed by atoms with van der Waals surface area (Å²) in [5.41, 5.74) is 0.895. The summed E-state index contributed by atoms with van der Waals surface area (Å²) < 4.78 is 0. The molecule has 4 heteroatoms. The normalized spacial score (nSPS) is 10.2. The van der Waals surface area contributed by atoms with Crippen molar-refractivity contribution in [2.45, 2.75) is 19.9 Å². The van der Waals surface area contributed by atoms with Crippen molar-refractivity contribution in [3.05, 3.63) is 22.8 Å². The van der Waals surface area contributed by atoms with E-state index in [1.807, 2.05) is 19.2 Å². The predicted octanol–water partition coefficient (Wildman–Crippen LogP) is 2.28. The second kappa shape index (κ2) is 5.83. The fourth-order valence-electron chi connectivity index (χ4n) is 1.13. The first-order valence-corrected chi connectivity index (χ1v) is 5.19. The summed E-state index contributed by atoms with van der Waals surface area (Å²) in [4.78, 5) is 4.36. The topological polar surface area (TPSA) is 37.0 Å². The van der Waals surface area contributed by atoms with Crippen LogP contribution in [0.4, 0.5) is 5.82 Å². The lowest BCUT2D eigenvalue weighted by atomic mass is 10.3. The van der Waals surface area contributed by atoms with E-state index in [2.05, 4.69) is 22.5 Å². The van der Waals surface area contributed by atoms with E-state index >= 15 is 0 Å². The second-order valence-corrected chi connectivity index (χ2v) is 3.46. The van der Waals surface area contributed by atoms with Gasteiger partial charge < -0.3 is 10.6 Å². The number of pyridine rings is 1. The Morgan fingerprint density at radius 2 is 2.21 bits per heavy atom. The van der Waals surface area contributed by atoms with Gasteiger partial charge in [-0.05, 0) is 25.1 Å². The van der Waals surface area contributed by atoms with Gasteiger partial charge >= 0.3 is 0 Å². The SMILES string of the molecule is CCCNCc1nc(NC)ccc1Cl. The van der Waals surface area contributed by atoms with Gasteiger partial charge in [0.1, 0.15) is 5.82 Å². The monoisotopic (exact) mass is 213 g/mol. The van der Waals surface area contributed by atoms with Gasteiger partial charge in [0.25, 0.3) is 0 Å². The van der Waals surface area contributed by atoms with Crippen LogP contribution in [0.1, 0.15) is 19.0 Å². The number of rotatable bonds is 5. The molecule has 1 aromatic rings. The molecule has 0 aliphatic heterocycles. The largest absolute Gasteiger partial charge is 0.373 e. The molecule has 0 bridgehead atoms. The minimum atomic E-state index is 0.715. The summed E-state index contributed by atoms with van der Waals surface area (Å²) >= 11 is 6.00. The summed E-state index contributed by atoms with van der Waals surface area (Å²) in [6, 6.07) is 3.73. The van der Waals surface area contributed by atoms with Gasteiger partial charge in [-0.15, -0.1) is 0 Å². The van der Waals surface area contributed by atoms with Gasteiger partial charge in [0.05, 0.1) is 10.7 Å². The van der Waals surface area contributed by atoms with Gasteiger partial charge in [-0.2, -0.15) is 0 Å². The highest BCUT2D eigenvalue weighted by Crippen LogP contribution is 2.15. The maximum atomic E-state index is 6.00. The number of nitrogens with zero attached hydrogens (tertiary/aromatic N) is 1. The van der Waals surface area contributed by atoms with Gasteiger partial charge in [0.2, 0.25) is 0 Å². The fraction of sp³-hybridized carbons (Fsp3) is 0.500. The molecule has 1 heterocycles. The smallest absolute Gasteiger partial charge is 0.126 e. The molecule has 0 saturated heterocycles. The lowest BCUT2D eigenvalue weighted by Crippen LogP contribution is -2.15. The van der Waals surface area contributed by atoms with Crippen LogP contribution < -0.4 is 10.6 Å². The standard InChI is InChI=1S/C10H16ClN3/c1-3-6-13-7-9-8(11)4-5-10(12-2)14-9/h4-5,13H,3,6-7H2,1-2H3,(H,12,14). The van der Waals surface area contributed by atoms with E-state index in [0.717, 1.165) is 31.0 Å². The van der Waals surface area contributed by atoms with E-state index in [-0.39, 0.29) is 0 Å². The quantitative estimate of drug-likeness (QED) is 0.737. The summed E-state index contributed by atoms with van der Waals surface area (Å²) in [7, 11) is 1.85. The molecule has 0 atom stereocenters.